The Balaban J connectivity index is 2.50. The van der Waals surface area contributed by atoms with Crippen LogP contribution < -0.4 is 11.1 Å². The lowest BCUT2D eigenvalue weighted by molar-refractivity contribution is -0.114. The van der Waals surface area contributed by atoms with Crippen LogP contribution >= 0.6 is 0 Å². The van der Waals surface area contributed by atoms with Crippen LogP contribution in [0.2, 0.25) is 0 Å². The fourth-order valence-corrected chi connectivity index (χ4v) is 2.54. The number of hydrogen-bond donors (Lipinski definition) is 2. The molecule has 3 N–H and O–H groups in total. The number of sulfone groups is 1. The fourth-order valence-electron chi connectivity index (χ4n) is 1.77. The Bertz CT molecular complexity index is 803. The van der Waals surface area contributed by atoms with Gasteiger partial charge in [0.25, 0.3) is 0 Å². The first-order valence-corrected chi connectivity index (χ1v) is 7.86. The van der Waals surface area contributed by atoms with Crippen molar-refractivity contribution in [2.45, 2.75) is 11.8 Å². The summed E-state index contributed by atoms with van der Waals surface area (Å²) in [7, 11) is -3.47. The van der Waals surface area contributed by atoms with Crippen LogP contribution in [0.15, 0.2) is 35.5 Å². The number of rotatable bonds is 3. The average molecular weight is 306 g/mol. The van der Waals surface area contributed by atoms with Crippen LogP contribution in [0.25, 0.3) is 11.1 Å². The molecule has 0 atom stereocenters. The number of carbonyl (C=O) groups is 1. The van der Waals surface area contributed by atoms with E-state index in [1.165, 1.54) is 25.4 Å². The molecule has 2 aromatic heterocycles. The zero-order valence-electron chi connectivity index (χ0n) is 11.5. The lowest BCUT2D eigenvalue weighted by atomic mass is 10.1. The van der Waals surface area contributed by atoms with E-state index in [1.807, 2.05) is 0 Å². The highest BCUT2D eigenvalue weighted by atomic mass is 32.2. The third-order valence-electron chi connectivity index (χ3n) is 2.68. The first kappa shape index (κ1) is 14.9. The van der Waals surface area contributed by atoms with Crippen LogP contribution in [-0.2, 0) is 14.6 Å². The number of amides is 1. The third-order valence-corrected chi connectivity index (χ3v) is 3.80. The maximum atomic E-state index is 11.7. The van der Waals surface area contributed by atoms with Gasteiger partial charge in [0.2, 0.25) is 5.91 Å². The summed E-state index contributed by atoms with van der Waals surface area (Å²) >= 11 is 0. The molecule has 2 rings (SSSR count). The number of nitrogen functional groups attached to an aromatic ring is 1. The molecular formula is C13H14N4O3S. The Morgan fingerprint density at radius 2 is 1.95 bits per heavy atom. The first-order valence-electron chi connectivity index (χ1n) is 5.97. The molecule has 8 heteroatoms. The normalized spacial score (nSPS) is 11.1. The van der Waals surface area contributed by atoms with E-state index < -0.39 is 9.84 Å². The van der Waals surface area contributed by atoms with Crippen LogP contribution in [0.3, 0.4) is 0 Å². The second kappa shape index (κ2) is 5.49. The third kappa shape index (κ3) is 3.54. The molecule has 0 aliphatic carbocycles. The second-order valence-corrected chi connectivity index (χ2v) is 6.47. The van der Waals surface area contributed by atoms with Crippen LogP contribution in [0.5, 0.6) is 0 Å². The molecule has 7 nitrogen and oxygen atoms in total. The highest BCUT2D eigenvalue weighted by molar-refractivity contribution is 7.90. The van der Waals surface area contributed by atoms with Crippen molar-refractivity contribution < 1.29 is 13.2 Å². The Morgan fingerprint density at radius 3 is 2.57 bits per heavy atom. The molecular weight excluding hydrogens is 292 g/mol. The SMILES string of the molecule is CC(=O)Nc1cc(-c2cnc(N)c(S(C)(=O)=O)c2)ccn1. The largest absolute Gasteiger partial charge is 0.383 e. The van der Waals surface area contributed by atoms with Crippen molar-refractivity contribution in [3.63, 3.8) is 0 Å². The van der Waals surface area contributed by atoms with Gasteiger partial charge in [-0.2, -0.15) is 0 Å². The van der Waals surface area contributed by atoms with E-state index in [0.717, 1.165) is 6.26 Å². The van der Waals surface area contributed by atoms with Gasteiger partial charge < -0.3 is 11.1 Å². The summed E-state index contributed by atoms with van der Waals surface area (Å²) in [6, 6.07) is 4.76. The summed E-state index contributed by atoms with van der Waals surface area (Å²) in [6.07, 6.45) is 4.05. The molecule has 0 saturated heterocycles. The second-order valence-electron chi connectivity index (χ2n) is 4.49. The Morgan fingerprint density at radius 1 is 1.24 bits per heavy atom. The number of nitrogens with two attached hydrogens (primary N) is 1. The molecule has 2 aromatic rings. The van der Waals surface area contributed by atoms with E-state index in [1.54, 1.807) is 12.1 Å². The van der Waals surface area contributed by atoms with Gasteiger partial charge in [-0.1, -0.05) is 0 Å². The molecule has 1 amide bonds. The van der Waals surface area contributed by atoms with Crippen molar-refractivity contribution >= 4 is 27.4 Å². The molecule has 110 valence electrons. The smallest absolute Gasteiger partial charge is 0.222 e. The van der Waals surface area contributed by atoms with Crippen LogP contribution in [0.4, 0.5) is 11.6 Å². The lowest BCUT2D eigenvalue weighted by Crippen LogP contribution is -2.07. The molecule has 0 fully saturated rings. The summed E-state index contributed by atoms with van der Waals surface area (Å²) in [5.41, 5.74) is 6.83. The molecule has 0 unspecified atom stereocenters. The highest BCUT2D eigenvalue weighted by Crippen LogP contribution is 2.25. The van der Waals surface area contributed by atoms with Crippen molar-refractivity contribution in [2.24, 2.45) is 0 Å². The summed E-state index contributed by atoms with van der Waals surface area (Å²) in [5, 5.41) is 2.56. The van der Waals surface area contributed by atoms with Crippen LogP contribution in [-0.4, -0.2) is 30.5 Å². The molecule has 21 heavy (non-hydrogen) atoms. The maximum Gasteiger partial charge on any atom is 0.222 e. The van der Waals surface area contributed by atoms with Crippen LogP contribution in [0.1, 0.15) is 6.92 Å². The van der Waals surface area contributed by atoms with Gasteiger partial charge in [-0.15, -0.1) is 0 Å². The predicted molar refractivity (Wildman–Crippen MR) is 79.3 cm³/mol. The Labute approximate surface area is 122 Å². The van der Waals surface area contributed by atoms with E-state index >= 15 is 0 Å². The highest BCUT2D eigenvalue weighted by Gasteiger charge is 2.14. The fraction of sp³-hybridized carbons (Fsp3) is 0.154. The van der Waals surface area contributed by atoms with Crippen LogP contribution in [0, 0.1) is 0 Å². The molecule has 2 heterocycles. The number of pyridine rings is 2. The topological polar surface area (TPSA) is 115 Å². The Hall–Kier alpha value is -2.48. The standard InChI is InChI=1S/C13H14N4O3S/c1-8(18)17-12-6-9(3-4-15-12)10-5-11(21(2,19)20)13(14)16-7-10/h3-7H,1-2H3,(H2,14,16)(H,15,17,18). The van der Waals surface area contributed by atoms with Gasteiger partial charge >= 0.3 is 0 Å². The zero-order chi connectivity index (χ0) is 15.6. The van der Waals surface area contributed by atoms with E-state index in [9.17, 15) is 13.2 Å². The molecule has 0 spiro atoms. The number of hydrogen-bond acceptors (Lipinski definition) is 6. The molecule has 0 radical (unpaired) electrons. The van der Waals surface area contributed by atoms with Gasteiger partial charge in [0.15, 0.2) is 9.84 Å². The van der Waals surface area contributed by atoms with E-state index in [2.05, 4.69) is 15.3 Å². The number of nitrogens with zero attached hydrogens (tertiary/aromatic N) is 2. The molecule has 0 aromatic carbocycles. The maximum absolute atomic E-state index is 11.7. The van der Waals surface area contributed by atoms with Gasteiger partial charge in [-0.25, -0.2) is 18.4 Å². The van der Waals surface area contributed by atoms with Gasteiger partial charge in [0.05, 0.1) is 0 Å². The first-order chi connectivity index (χ1) is 9.77. The number of aromatic nitrogens is 2. The zero-order valence-corrected chi connectivity index (χ0v) is 12.3. The molecule has 0 aliphatic heterocycles. The van der Waals surface area contributed by atoms with Gasteiger partial charge in [0.1, 0.15) is 16.5 Å². The monoisotopic (exact) mass is 306 g/mol. The minimum absolute atomic E-state index is 0.0297. The van der Waals surface area contributed by atoms with Crippen molar-refractivity contribution in [3.05, 3.63) is 30.6 Å². The number of carbonyl (C=O) groups excluding carboxylic acids is 1. The summed E-state index contributed by atoms with van der Waals surface area (Å²) in [4.78, 5) is 18.9. The van der Waals surface area contributed by atoms with Crippen molar-refractivity contribution in [2.75, 3.05) is 17.3 Å². The minimum atomic E-state index is -3.47. The minimum Gasteiger partial charge on any atom is -0.383 e. The quantitative estimate of drug-likeness (QED) is 0.877. The van der Waals surface area contributed by atoms with Gasteiger partial charge in [-0.05, 0) is 23.8 Å². The van der Waals surface area contributed by atoms with Crippen molar-refractivity contribution in [3.8, 4) is 11.1 Å². The summed E-state index contributed by atoms with van der Waals surface area (Å²) < 4.78 is 23.3. The number of nitrogens with one attached hydrogen (secondary N) is 1. The lowest BCUT2D eigenvalue weighted by Gasteiger charge is -2.08. The molecule has 0 bridgehead atoms. The van der Waals surface area contributed by atoms with Gasteiger partial charge in [-0.3, -0.25) is 4.79 Å². The number of anilines is 2. The average Bonchev–Trinajstić information content (AvgIpc) is 2.37. The van der Waals surface area contributed by atoms with Crippen molar-refractivity contribution in [1.29, 1.82) is 0 Å². The van der Waals surface area contributed by atoms with E-state index in [0.29, 0.717) is 16.9 Å². The van der Waals surface area contributed by atoms with E-state index in [4.69, 9.17) is 5.73 Å². The van der Waals surface area contributed by atoms with Gasteiger partial charge in [0, 0.05) is 31.1 Å². The molecule has 0 saturated carbocycles. The summed E-state index contributed by atoms with van der Waals surface area (Å²) in [5.74, 6) is 0.0852. The predicted octanol–water partition coefficient (Wildman–Crippen LogP) is 1.09. The summed E-state index contributed by atoms with van der Waals surface area (Å²) in [6.45, 7) is 1.38. The Kier molecular flexibility index (Phi) is 3.90. The van der Waals surface area contributed by atoms with Crippen molar-refractivity contribution in [1.82, 2.24) is 9.97 Å². The van der Waals surface area contributed by atoms with E-state index in [-0.39, 0.29) is 16.6 Å². The molecule has 0 aliphatic rings.